The lowest BCUT2D eigenvalue weighted by atomic mass is 10.1. The van der Waals surface area contributed by atoms with E-state index in [4.69, 9.17) is 4.74 Å². The van der Waals surface area contributed by atoms with Crippen LogP contribution in [0.5, 0.6) is 0 Å². The number of anilines is 2. The van der Waals surface area contributed by atoms with Crippen molar-refractivity contribution < 1.29 is 31.1 Å². The molecule has 0 aliphatic carbocycles. The van der Waals surface area contributed by atoms with E-state index in [-0.39, 0.29) is 49.3 Å². The highest BCUT2D eigenvalue weighted by Crippen LogP contribution is 2.36. The zero-order valence-corrected chi connectivity index (χ0v) is 20.7. The van der Waals surface area contributed by atoms with Gasteiger partial charge in [0.05, 0.1) is 30.9 Å². The number of hydrogen-bond donors (Lipinski definition) is 0. The predicted octanol–water partition coefficient (Wildman–Crippen LogP) is 4.13. The third-order valence-corrected chi connectivity index (χ3v) is 6.54. The van der Waals surface area contributed by atoms with Gasteiger partial charge in [0.25, 0.3) is 0 Å². The Labute approximate surface area is 220 Å². The maximum absolute atomic E-state index is 13.5. The summed E-state index contributed by atoms with van der Waals surface area (Å²) in [7, 11) is 0. The normalized spacial score (nSPS) is 17.5. The minimum absolute atomic E-state index is 0.0980. The number of aromatic nitrogens is 4. The SMILES string of the molecule is FC(F)(F)c1cccc(-c2nc(CN3CCOCC3)nc(N3CCN(c4ncccc4C(F)(F)F)CC3)n2)c1. The van der Waals surface area contributed by atoms with E-state index in [0.717, 1.165) is 18.2 Å². The highest BCUT2D eigenvalue weighted by molar-refractivity contribution is 5.58. The van der Waals surface area contributed by atoms with Crippen LogP contribution in [0.2, 0.25) is 0 Å². The molecule has 39 heavy (non-hydrogen) atoms. The van der Waals surface area contributed by atoms with Gasteiger partial charge in [0, 0.05) is 51.0 Å². The third kappa shape index (κ3) is 6.38. The summed E-state index contributed by atoms with van der Waals surface area (Å²) in [6.07, 6.45) is -7.75. The molecule has 2 aliphatic heterocycles. The van der Waals surface area contributed by atoms with Gasteiger partial charge in [0.2, 0.25) is 5.95 Å². The fourth-order valence-electron chi connectivity index (χ4n) is 4.53. The largest absolute Gasteiger partial charge is 0.419 e. The van der Waals surface area contributed by atoms with Gasteiger partial charge in [0.15, 0.2) is 5.82 Å². The van der Waals surface area contributed by atoms with Crippen LogP contribution in [-0.2, 0) is 23.6 Å². The Morgan fingerprint density at radius 3 is 2.18 bits per heavy atom. The number of rotatable bonds is 5. The van der Waals surface area contributed by atoms with Crippen molar-refractivity contribution in [3.8, 4) is 11.4 Å². The van der Waals surface area contributed by atoms with Gasteiger partial charge in [-0.1, -0.05) is 12.1 Å². The minimum atomic E-state index is -4.54. The molecular formula is C25H25F6N7O. The molecule has 0 N–H and O–H groups in total. The molecule has 14 heteroatoms. The van der Waals surface area contributed by atoms with E-state index in [1.807, 2.05) is 0 Å². The molecule has 2 fully saturated rings. The van der Waals surface area contributed by atoms with Crippen LogP contribution < -0.4 is 9.80 Å². The first kappa shape index (κ1) is 27.1. The van der Waals surface area contributed by atoms with Gasteiger partial charge in [-0.05, 0) is 24.3 Å². The van der Waals surface area contributed by atoms with Crippen LogP contribution in [0.15, 0.2) is 42.6 Å². The summed E-state index contributed by atoms with van der Waals surface area (Å²) in [5.41, 5.74) is -1.43. The van der Waals surface area contributed by atoms with Crippen LogP contribution in [-0.4, -0.2) is 77.3 Å². The zero-order valence-electron chi connectivity index (χ0n) is 20.7. The van der Waals surface area contributed by atoms with Crippen LogP contribution in [0.1, 0.15) is 17.0 Å². The average Bonchev–Trinajstić information content (AvgIpc) is 2.93. The van der Waals surface area contributed by atoms with Crippen molar-refractivity contribution in [2.24, 2.45) is 0 Å². The van der Waals surface area contributed by atoms with Gasteiger partial charge in [-0.3, -0.25) is 4.90 Å². The quantitative estimate of drug-likeness (QED) is 0.437. The van der Waals surface area contributed by atoms with Crippen molar-refractivity contribution in [1.29, 1.82) is 0 Å². The topological polar surface area (TPSA) is 70.5 Å². The summed E-state index contributed by atoms with van der Waals surface area (Å²) in [4.78, 5) is 22.9. The number of morpholine rings is 1. The molecule has 0 saturated carbocycles. The van der Waals surface area contributed by atoms with E-state index in [1.54, 1.807) is 9.80 Å². The molecule has 2 aliphatic rings. The minimum Gasteiger partial charge on any atom is -0.379 e. The van der Waals surface area contributed by atoms with Gasteiger partial charge in [0.1, 0.15) is 11.6 Å². The number of halogens is 6. The van der Waals surface area contributed by atoms with E-state index in [1.165, 1.54) is 24.4 Å². The molecular weight excluding hydrogens is 528 g/mol. The van der Waals surface area contributed by atoms with Crippen molar-refractivity contribution in [3.63, 3.8) is 0 Å². The van der Waals surface area contributed by atoms with E-state index < -0.39 is 23.5 Å². The van der Waals surface area contributed by atoms with Crippen LogP contribution in [0, 0.1) is 0 Å². The Morgan fingerprint density at radius 1 is 0.769 bits per heavy atom. The summed E-state index contributed by atoms with van der Waals surface area (Å²) < 4.78 is 86.0. The highest BCUT2D eigenvalue weighted by Gasteiger charge is 2.36. The van der Waals surface area contributed by atoms with Crippen molar-refractivity contribution >= 4 is 11.8 Å². The van der Waals surface area contributed by atoms with Crippen LogP contribution >= 0.6 is 0 Å². The van der Waals surface area contributed by atoms with Crippen LogP contribution in [0.4, 0.5) is 38.1 Å². The maximum atomic E-state index is 13.5. The molecule has 0 unspecified atom stereocenters. The number of benzene rings is 1. The molecule has 2 aromatic heterocycles. The fourth-order valence-corrected chi connectivity index (χ4v) is 4.53. The molecule has 0 bridgehead atoms. The molecule has 1 aromatic carbocycles. The molecule has 0 radical (unpaired) electrons. The molecule has 0 amide bonds. The summed E-state index contributed by atoms with van der Waals surface area (Å²) in [5, 5.41) is 0. The molecule has 2 saturated heterocycles. The third-order valence-electron chi connectivity index (χ3n) is 6.54. The number of alkyl halides is 6. The van der Waals surface area contributed by atoms with Gasteiger partial charge < -0.3 is 14.5 Å². The average molecular weight is 554 g/mol. The molecule has 208 valence electrons. The summed E-state index contributed by atoms with van der Waals surface area (Å²) >= 11 is 0. The lowest BCUT2D eigenvalue weighted by Crippen LogP contribution is -2.48. The Morgan fingerprint density at radius 2 is 1.49 bits per heavy atom. The number of nitrogens with zero attached hydrogens (tertiary/aromatic N) is 7. The molecule has 3 aromatic rings. The molecule has 4 heterocycles. The van der Waals surface area contributed by atoms with Gasteiger partial charge in [-0.25, -0.2) is 9.97 Å². The van der Waals surface area contributed by atoms with E-state index in [2.05, 4.69) is 24.8 Å². The predicted molar refractivity (Wildman–Crippen MR) is 130 cm³/mol. The first-order valence-corrected chi connectivity index (χ1v) is 12.3. The Kier molecular flexibility index (Phi) is 7.58. The summed E-state index contributed by atoms with van der Waals surface area (Å²) in [6, 6.07) is 7.03. The maximum Gasteiger partial charge on any atom is 0.419 e. The van der Waals surface area contributed by atoms with Gasteiger partial charge in [-0.15, -0.1) is 0 Å². The van der Waals surface area contributed by atoms with Crippen LogP contribution in [0.25, 0.3) is 11.4 Å². The van der Waals surface area contributed by atoms with Gasteiger partial charge in [-0.2, -0.15) is 36.3 Å². The lowest BCUT2D eigenvalue weighted by Gasteiger charge is -2.36. The number of piperazine rings is 1. The van der Waals surface area contributed by atoms with Crippen molar-refractivity contribution in [2.45, 2.75) is 18.9 Å². The monoisotopic (exact) mass is 553 g/mol. The Balaban J connectivity index is 1.42. The lowest BCUT2D eigenvalue weighted by molar-refractivity contribution is -0.138. The molecule has 5 rings (SSSR count). The van der Waals surface area contributed by atoms with Crippen molar-refractivity contribution in [1.82, 2.24) is 24.8 Å². The van der Waals surface area contributed by atoms with E-state index >= 15 is 0 Å². The number of pyridine rings is 1. The smallest absolute Gasteiger partial charge is 0.379 e. The van der Waals surface area contributed by atoms with Crippen LogP contribution in [0.3, 0.4) is 0 Å². The van der Waals surface area contributed by atoms with Crippen molar-refractivity contribution in [3.05, 3.63) is 59.5 Å². The van der Waals surface area contributed by atoms with E-state index in [9.17, 15) is 26.3 Å². The zero-order chi connectivity index (χ0) is 27.6. The first-order chi connectivity index (χ1) is 18.6. The molecule has 8 nitrogen and oxygen atoms in total. The fraction of sp³-hybridized carbons (Fsp3) is 0.440. The first-order valence-electron chi connectivity index (χ1n) is 12.3. The number of hydrogen-bond acceptors (Lipinski definition) is 8. The van der Waals surface area contributed by atoms with Gasteiger partial charge >= 0.3 is 12.4 Å². The second-order valence-corrected chi connectivity index (χ2v) is 9.19. The Bertz CT molecular complexity index is 1290. The summed E-state index contributed by atoms with van der Waals surface area (Å²) in [6.45, 7) is 3.80. The molecule has 0 atom stereocenters. The Hall–Kier alpha value is -3.52. The number of ether oxygens (including phenoxy) is 1. The highest BCUT2D eigenvalue weighted by atomic mass is 19.4. The second kappa shape index (κ2) is 10.9. The van der Waals surface area contributed by atoms with E-state index in [0.29, 0.717) is 38.7 Å². The summed E-state index contributed by atoms with van der Waals surface area (Å²) in [5.74, 6) is 0.608. The second-order valence-electron chi connectivity index (χ2n) is 9.19. The standard InChI is InChI=1S/C25H25F6N7O/c26-24(27,28)18-4-1-3-17(15-18)21-33-20(16-36-11-13-39-14-12-36)34-23(35-21)38-9-7-37(8-10-38)22-19(25(29,30)31)5-2-6-32-22/h1-6,15H,7-14,16H2. The van der Waals surface area contributed by atoms with Crippen molar-refractivity contribution in [2.75, 3.05) is 62.3 Å². The molecule has 0 spiro atoms.